The zero-order valence-electron chi connectivity index (χ0n) is 19.3. The fourth-order valence-corrected chi connectivity index (χ4v) is 5.05. The number of benzene rings is 2. The second-order valence-corrected chi connectivity index (χ2v) is 9.33. The summed E-state index contributed by atoms with van der Waals surface area (Å²) in [5.41, 5.74) is 3.65. The van der Waals surface area contributed by atoms with Crippen molar-refractivity contribution in [2.24, 2.45) is 0 Å². The lowest BCUT2D eigenvalue weighted by Gasteiger charge is -2.31. The van der Waals surface area contributed by atoms with Gasteiger partial charge in [-0.3, -0.25) is 9.59 Å². The Morgan fingerprint density at radius 2 is 1.78 bits per heavy atom. The summed E-state index contributed by atoms with van der Waals surface area (Å²) < 4.78 is 0. The highest BCUT2D eigenvalue weighted by atomic mass is 16.2. The quantitative estimate of drug-likeness (QED) is 0.625. The molecule has 1 unspecified atom stereocenters. The van der Waals surface area contributed by atoms with E-state index in [1.54, 1.807) is 4.90 Å². The fourth-order valence-electron chi connectivity index (χ4n) is 5.05. The zero-order valence-corrected chi connectivity index (χ0v) is 19.3. The molecule has 0 spiro atoms. The molecule has 5 nitrogen and oxygen atoms in total. The Hall–Kier alpha value is -2.66. The van der Waals surface area contributed by atoms with E-state index in [1.165, 1.54) is 37.7 Å². The Bertz CT molecular complexity index is 934. The van der Waals surface area contributed by atoms with Crippen LogP contribution in [0.2, 0.25) is 0 Å². The van der Waals surface area contributed by atoms with E-state index in [-0.39, 0.29) is 11.8 Å². The molecule has 170 valence electrons. The second kappa shape index (κ2) is 10.3. The fraction of sp³-hybridized carbons (Fsp3) is 0.481. The molecular formula is C27H35N3O2. The molecule has 0 saturated heterocycles. The number of rotatable bonds is 8. The number of hydrogen-bond acceptors (Lipinski definition) is 3. The molecule has 32 heavy (non-hydrogen) atoms. The molecule has 1 heterocycles. The van der Waals surface area contributed by atoms with Crippen molar-refractivity contribution in [2.45, 2.75) is 64.1 Å². The minimum absolute atomic E-state index is 0.0710. The van der Waals surface area contributed by atoms with Crippen LogP contribution in [0, 0.1) is 6.92 Å². The summed E-state index contributed by atoms with van der Waals surface area (Å²) in [7, 11) is 2.20. The highest BCUT2D eigenvalue weighted by Crippen LogP contribution is 2.35. The molecule has 2 amide bonds. The van der Waals surface area contributed by atoms with E-state index in [4.69, 9.17) is 0 Å². The van der Waals surface area contributed by atoms with Crippen LogP contribution in [0.3, 0.4) is 0 Å². The van der Waals surface area contributed by atoms with E-state index < -0.39 is 6.04 Å². The standard InChI is InChI=1S/C27H35N3O2/c1-20-13-15-21(16-14-20)19-30-25(23-11-6-7-12-24(23)27(30)32)26(31)28-17-8-18-29(2)22-9-4-3-5-10-22/h6-7,11-16,22,25H,3-5,8-10,17-19H2,1-2H3,(H,28,31). The highest BCUT2D eigenvalue weighted by Gasteiger charge is 2.40. The van der Waals surface area contributed by atoms with Crippen LogP contribution in [0.25, 0.3) is 0 Å². The van der Waals surface area contributed by atoms with Crippen molar-refractivity contribution in [3.8, 4) is 0 Å². The van der Waals surface area contributed by atoms with Crippen molar-refractivity contribution in [3.05, 3.63) is 70.8 Å². The Morgan fingerprint density at radius 3 is 2.53 bits per heavy atom. The van der Waals surface area contributed by atoms with Gasteiger partial charge in [0.2, 0.25) is 5.91 Å². The maximum Gasteiger partial charge on any atom is 0.255 e. The molecule has 2 aromatic carbocycles. The number of hydrogen-bond donors (Lipinski definition) is 1. The molecule has 1 saturated carbocycles. The average molecular weight is 434 g/mol. The first-order valence-electron chi connectivity index (χ1n) is 12.0. The molecule has 5 heteroatoms. The molecule has 1 fully saturated rings. The van der Waals surface area contributed by atoms with Gasteiger partial charge < -0.3 is 15.1 Å². The third-order valence-electron chi connectivity index (χ3n) is 6.97. The number of amides is 2. The van der Waals surface area contributed by atoms with Gasteiger partial charge in [0.15, 0.2) is 0 Å². The maximum atomic E-state index is 13.2. The molecule has 4 rings (SSSR count). The first-order valence-corrected chi connectivity index (χ1v) is 12.0. The van der Waals surface area contributed by atoms with Gasteiger partial charge in [0.1, 0.15) is 6.04 Å². The van der Waals surface area contributed by atoms with E-state index in [0.717, 1.165) is 24.1 Å². The Labute approximate surface area is 191 Å². The summed E-state index contributed by atoms with van der Waals surface area (Å²) in [4.78, 5) is 30.5. The summed E-state index contributed by atoms with van der Waals surface area (Å²) in [6.45, 7) is 4.08. The third kappa shape index (κ3) is 5.04. The Morgan fingerprint density at radius 1 is 1.06 bits per heavy atom. The van der Waals surface area contributed by atoms with Gasteiger partial charge >= 0.3 is 0 Å². The number of carbonyl (C=O) groups excluding carboxylic acids is 2. The van der Waals surface area contributed by atoms with Crippen molar-refractivity contribution >= 4 is 11.8 Å². The third-order valence-corrected chi connectivity index (χ3v) is 6.97. The summed E-state index contributed by atoms with van der Waals surface area (Å²) in [5, 5.41) is 3.11. The van der Waals surface area contributed by atoms with Gasteiger partial charge in [0, 0.05) is 24.7 Å². The van der Waals surface area contributed by atoms with Crippen molar-refractivity contribution in [2.75, 3.05) is 20.1 Å². The number of fused-ring (bicyclic) bond motifs is 1. The summed E-state index contributed by atoms with van der Waals surface area (Å²) >= 11 is 0. The molecule has 1 aliphatic heterocycles. The van der Waals surface area contributed by atoms with E-state index in [9.17, 15) is 9.59 Å². The van der Waals surface area contributed by atoms with Gasteiger partial charge in [-0.05, 0) is 57.0 Å². The lowest BCUT2D eigenvalue weighted by molar-refractivity contribution is -0.125. The van der Waals surface area contributed by atoms with Gasteiger partial charge in [-0.1, -0.05) is 67.3 Å². The molecule has 2 aromatic rings. The van der Waals surface area contributed by atoms with E-state index in [1.807, 2.05) is 55.5 Å². The molecular weight excluding hydrogens is 398 g/mol. The maximum absolute atomic E-state index is 13.2. The van der Waals surface area contributed by atoms with Crippen LogP contribution in [-0.4, -0.2) is 47.8 Å². The van der Waals surface area contributed by atoms with Crippen molar-refractivity contribution in [3.63, 3.8) is 0 Å². The van der Waals surface area contributed by atoms with Crippen molar-refractivity contribution in [1.29, 1.82) is 0 Å². The van der Waals surface area contributed by atoms with Crippen LogP contribution in [0.5, 0.6) is 0 Å². The monoisotopic (exact) mass is 433 g/mol. The topological polar surface area (TPSA) is 52.7 Å². The van der Waals surface area contributed by atoms with Crippen molar-refractivity contribution < 1.29 is 9.59 Å². The van der Waals surface area contributed by atoms with Crippen LogP contribution >= 0.6 is 0 Å². The smallest absolute Gasteiger partial charge is 0.255 e. The van der Waals surface area contributed by atoms with Crippen molar-refractivity contribution in [1.82, 2.24) is 15.1 Å². The van der Waals surface area contributed by atoms with E-state index >= 15 is 0 Å². The summed E-state index contributed by atoms with van der Waals surface area (Å²) in [5.74, 6) is -0.158. The first kappa shape index (κ1) is 22.5. The Balaban J connectivity index is 1.38. The molecule has 0 radical (unpaired) electrons. The molecule has 0 bridgehead atoms. The van der Waals surface area contributed by atoms with Gasteiger partial charge in [0.05, 0.1) is 0 Å². The van der Waals surface area contributed by atoms with Crippen LogP contribution in [0.4, 0.5) is 0 Å². The SMILES string of the molecule is Cc1ccc(CN2C(=O)c3ccccc3C2C(=O)NCCCN(C)C2CCCCC2)cc1. The molecule has 1 aliphatic carbocycles. The minimum atomic E-state index is -0.573. The number of aryl methyl sites for hydroxylation is 1. The lowest BCUT2D eigenvalue weighted by Crippen LogP contribution is -2.40. The van der Waals surface area contributed by atoms with Crippen LogP contribution < -0.4 is 5.32 Å². The zero-order chi connectivity index (χ0) is 22.5. The van der Waals surface area contributed by atoms with E-state index in [0.29, 0.717) is 24.7 Å². The van der Waals surface area contributed by atoms with Gasteiger partial charge in [0.25, 0.3) is 5.91 Å². The molecule has 2 aliphatic rings. The Kier molecular flexibility index (Phi) is 7.26. The van der Waals surface area contributed by atoms with Gasteiger partial charge in [-0.2, -0.15) is 0 Å². The van der Waals surface area contributed by atoms with Gasteiger partial charge in [-0.25, -0.2) is 0 Å². The van der Waals surface area contributed by atoms with Crippen LogP contribution in [0.1, 0.15) is 71.6 Å². The predicted octanol–water partition coefficient (Wildman–Crippen LogP) is 4.46. The molecule has 1 atom stereocenters. The predicted molar refractivity (Wildman–Crippen MR) is 127 cm³/mol. The van der Waals surface area contributed by atoms with Crippen LogP contribution in [0.15, 0.2) is 48.5 Å². The average Bonchev–Trinajstić information content (AvgIpc) is 3.10. The lowest BCUT2D eigenvalue weighted by atomic mass is 9.94. The van der Waals surface area contributed by atoms with E-state index in [2.05, 4.69) is 17.3 Å². The normalized spacial score (nSPS) is 18.8. The summed E-state index contributed by atoms with van der Waals surface area (Å²) in [6, 6.07) is 15.8. The molecule has 1 N–H and O–H groups in total. The molecule has 0 aromatic heterocycles. The highest BCUT2D eigenvalue weighted by molar-refractivity contribution is 6.04. The number of carbonyl (C=O) groups is 2. The minimum Gasteiger partial charge on any atom is -0.354 e. The number of nitrogens with one attached hydrogen (secondary N) is 1. The first-order chi connectivity index (χ1) is 15.5. The van der Waals surface area contributed by atoms with Gasteiger partial charge in [-0.15, -0.1) is 0 Å². The number of nitrogens with zero attached hydrogens (tertiary/aromatic N) is 2. The van der Waals surface area contributed by atoms with Crippen LogP contribution in [-0.2, 0) is 11.3 Å². The largest absolute Gasteiger partial charge is 0.354 e. The second-order valence-electron chi connectivity index (χ2n) is 9.33. The summed E-state index contributed by atoms with van der Waals surface area (Å²) in [6.07, 6.45) is 7.52.